The zero-order chi connectivity index (χ0) is 28.4. The first-order chi connectivity index (χ1) is 18.4. The maximum atomic E-state index is 11.8. The molecule has 0 spiro atoms. The van der Waals surface area contributed by atoms with E-state index in [1.807, 2.05) is 0 Å². The van der Waals surface area contributed by atoms with Crippen molar-refractivity contribution in [3.8, 4) is 11.5 Å². The molecule has 13 nitrogen and oxygen atoms in total. The van der Waals surface area contributed by atoms with Crippen LogP contribution < -0.4 is 15.2 Å². The Kier molecular flexibility index (Phi) is 7.60. The first kappa shape index (κ1) is 27.6. The molecule has 39 heavy (non-hydrogen) atoms. The van der Waals surface area contributed by atoms with Crippen molar-refractivity contribution in [2.24, 2.45) is 20.5 Å². The average molecular weight is 572 g/mol. The number of hydrogen-bond acceptors (Lipinski definition) is 11. The van der Waals surface area contributed by atoms with Crippen molar-refractivity contribution in [2.45, 2.75) is 9.79 Å². The highest BCUT2D eigenvalue weighted by Gasteiger charge is 2.15. The van der Waals surface area contributed by atoms with Gasteiger partial charge in [0, 0.05) is 22.9 Å². The van der Waals surface area contributed by atoms with Gasteiger partial charge in [-0.2, -0.15) is 21.9 Å². The highest BCUT2D eigenvalue weighted by Crippen LogP contribution is 2.40. The van der Waals surface area contributed by atoms with E-state index < -0.39 is 20.2 Å². The van der Waals surface area contributed by atoms with Crippen LogP contribution in [0, 0.1) is 0 Å². The number of nitrogens with two attached hydrogens (primary N) is 1. The molecule has 0 bridgehead atoms. The predicted octanol–water partition coefficient (Wildman–Crippen LogP) is 5.76. The number of rotatable bonds is 8. The van der Waals surface area contributed by atoms with Gasteiger partial charge in [-0.25, -0.2) is 0 Å². The molecule has 0 aromatic heterocycles. The van der Waals surface area contributed by atoms with Crippen molar-refractivity contribution in [2.75, 3.05) is 20.0 Å². The fourth-order valence-corrected chi connectivity index (χ4v) is 4.57. The van der Waals surface area contributed by atoms with Crippen molar-refractivity contribution in [1.82, 2.24) is 0 Å². The van der Waals surface area contributed by atoms with E-state index >= 15 is 0 Å². The minimum atomic E-state index is -4.55. The molecular weight excluding hydrogens is 550 g/mol. The lowest BCUT2D eigenvalue weighted by Gasteiger charge is -2.10. The zero-order valence-corrected chi connectivity index (χ0v) is 22.0. The molecule has 15 heteroatoms. The van der Waals surface area contributed by atoms with Crippen LogP contribution in [0.5, 0.6) is 11.5 Å². The third kappa shape index (κ3) is 6.18. The molecule has 0 heterocycles. The number of azo groups is 2. The lowest BCUT2D eigenvalue weighted by molar-refractivity contribution is 0.406. The van der Waals surface area contributed by atoms with Crippen LogP contribution >= 0.6 is 0 Å². The molecule has 0 fully saturated rings. The molecule has 0 unspecified atom stereocenters. The summed E-state index contributed by atoms with van der Waals surface area (Å²) >= 11 is 0. The van der Waals surface area contributed by atoms with Gasteiger partial charge in [0.25, 0.3) is 20.2 Å². The Morgan fingerprint density at radius 3 is 1.87 bits per heavy atom. The van der Waals surface area contributed by atoms with Gasteiger partial charge in [-0.05, 0) is 42.5 Å². The molecule has 202 valence electrons. The summed E-state index contributed by atoms with van der Waals surface area (Å²) < 4.78 is 75.8. The smallest absolute Gasteiger partial charge is 0.294 e. The molecule has 0 aliphatic rings. The van der Waals surface area contributed by atoms with Crippen molar-refractivity contribution < 1.29 is 35.4 Å². The van der Waals surface area contributed by atoms with Crippen molar-refractivity contribution in [3.63, 3.8) is 0 Å². The normalized spacial score (nSPS) is 12.4. The van der Waals surface area contributed by atoms with E-state index in [1.54, 1.807) is 6.07 Å². The second kappa shape index (κ2) is 10.7. The Morgan fingerprint density at radius 1 is 0.641 bits per heavy atom. The van der Waals surface area contributed by atoms with E-state index in [0.717, 1.165) is 6.07 Å². The fourth-order valence-electron chi connectivity index (χ4n) is 3.54. The monoisotopic (exact) mass is 571 g/mol. The standard InChI is InChI=1S/C24H21N5O8S2/c1-36-23-13-22(24(37-2)12-19(23)25)29-28-21-9-8-20(17-7-6-16(11-18(17)21)39(33,34)35)27-26-14-4-3-5-15(10-14)38(30,31)32/h3-13H,25H2,1-2H3,(H,30,31,32)(H,33,34,35). The van der Waals surface area contributed by atoms with Crippen LogP contribution in [-0.2, 0) is 20.2 Å². The van der Waals surface area contributed by atoms with Crippen LogP contribution in [0.1, 0.15) is 0 Å². The minimum Gasteiger partial charge on any atom is -0.495 e. The zero-order valence-electron chi connectivity index (χ0n) is 20.4. The number of fused-ring (bicyclic) bond motifs is 1. The number of ether oxygens (including phenoxy) is 2. The number of methoxy groups -OCH3 is 2. The quantitative estimate of drug-likeness (QED) is 0.133. The molecule has 4 N–H and O–H groups in total. The summed E-state index contributed by atoms with van der Waals surface area (Å²) in [6.07, 6.45) is 0. The summed E-state index contributed by atoms with van der Waals surface area (Å²) in [4.78, 5) is -0.736. The summed E-state index contributed by atoms with van der Waals surface area (Å²) in [5.74, 6) is 0.662. The Labute approximate surface area is 223 Å². The molecule has 0 saturated heterocycles. The molecule has 0 radical (unpaired) electrons. The van der Waals surface area contributed by atoms with E-state index in [9.17, 15) is 25.9 Å². The summed E-state index contributed by atoms with van der Waals surface area (Å²) in [5.41, 5.74) is 7.16. The van der Waals surface area contributed by atoms with Crippen LogP contribution in [-0.4, -0.2) is 40.2 Å². The van der Waals surface area contributed by atoms with Gasteiger partial charge in [-0.3, -0.25) is 9.11 Å². The largest absolute Gasteiger partial charge is 0.495 e. The Morgan fingerprint density at radius 2 is 1.23 bits per heavy atom. The number of nitrogen functional groups attached to an aromatic ring is 1. The average Bonchev–Trinajstić information content (AvgIpc) is 2.90. The van der Waals surface area contributed by atoms with Gasteiger partial charge in [-0.15, -0.1) is 15.3 Å². The van der Waals surface area contributed by atoms with Gasteiger partial charge < -0.3 is 15.2 Å². The van der Waals surface area contributed by atoms with Crippen LogP contribution in [0.25, 0.3) is 10.8 Å². The maximum absolute atomic E-state index is 11.8. The van der Waals surface area contributed by atoms with E-state index in [2.05, 4.69) is 20.5 Å². The molecular formula is C24H21N5O8S2. The Hall–Kier alpha value is -4.44. The highest BCUT2D eigenvalue weighted by atomic mass is 32.2. The Bertz CT molecular complexity index is 1860. The molecule has 0 saturated carbocycles. The lowest BCUT2D eigenvalue weighted by Crippen LogP contribution is -1.97. The summed E-state index contributed by atoms with van der Waals surface area (Å²) in [6, 6.07) is 15.1. The molecule has 0 aliphatic carbocycles. The summed E-state index contributed by atoms with van der Waals surface area (Å²) in [7, 11) is -6.11. The van der Waals surface area contributed by atoms with Crippen molar-refractivity contribution in [1.29, 1.82) is 0 Å². The molecule has 0 aliphatic heterocycles. The molecule has 0 amide bonds. The highest BCUT2D eigenvalue weighted by molar-refractivity contribution is 7.86. The number of nitrogens with zero attached hydrogens (tertiary/aromatic N) is 4. The first-order valence-corrected chi connectivity index (χ1v) is 13.8. The van der Waals surface area contributed by atoms with Gasteiger partial charge in [0.1, 0.15) is 17.2 Å². The van der Waals surface area contributed by atoms with Crippen LogP contribution in [0.2, 0.25) is 0 Å². The lowest BCUT2D eigenvalue weighted by atomic mass is 10.1. The van der Waals surface area contributed by atoms with E-state index in [1.165, 1.54) is 68.8 Å². The summed E-state index contributed by atoms with van der Waals surface area (Å²) in [5, 5.41) is 17.3. The predicted molar refractivity (Wildman–Crippen MR) is 142 cm³/mol. The van der Waals surface area contributed by atoms with E-state index in [0.29, 0.717) is 22.6 Å². The second-order valence-corrected chi connectivity index (χ2v) is 10.8. The van der Waals surface area contributed by atoms with Gasteiger partial charge in [0.2, 0.25) is 0 Å². The van der Waals surface area contributed by atoms with E-state index in [4.69, 9.17) is 15.2 Å². The van der Waals surface area contributed by atoms with Crippen molar-refractivity contribution in [3.05, 3.63) is 66.7 Å². The topological polar surface area (TPSA) is 203 Å². The van der Waals surface area contributed by atoms with Crippen LogP contribution in [0.3, 0.4) is 0 Å². The number of hydrogen-bond donors (Lipinski definition) is 3. The van der Waals surface area contributed by atoms with E-state index in [-0.39, 0.29) is 37.9 Å². The van der Waals surface area contributed by atoms with Gasteiger partial charge >= 0.3 is 0 Å². The minimum absolute atomic E-state index is 0.140. The molecule has 4 aromatic carbocycles. The first-order valence-electron chi connectivity index (χ1n) is 10.9. The van der Waals surface area contributed by atoms with Gasteiger partial charge in [0.15, 0.2) is 0 Å². The van der Waals surface area contributed by atoms with Gasteiger partial charge in [-0.1, -0.05) is 12.1 Å². The van der Waals surface area contributed by atoms with Crippen LogP contribution in [0.15, 0.2) is 97.0 Å². The molecule has 4 rings (SSSR count). The molecule has 0 atom stereocenters. The maximum Gasteiger partial charge on any atom is 0.294 e. The second-order valence-electron chi connectivity index (χ2n) is 7.92. The summed E-state index contributed by atoms with van der Waals surface area (Å²) in [6.45, 7) is 0. The van der Waals surface area contributed by atoms with Crippen molar-refractivity contribution >= 4 is 59.4 Å². The number of benzene rings is 4. The van der Waals surface area contributed by atoms with Gasteiger partial charge in [0.05, 0.1) is 46.8 Å². The third-order valence-corrected chi connectivity index (χ3v) is 7.12. The third-order valence-electron chi connectivity index (χ3n) is 5.43. The van der Waals surface area contributed by atoms with Crippen LogP contribution in [0.4, 0.5) is 28.4 Å². The SMILES string of the molecule is COc1cc(N=Nc2ccc(N=Nc3cccc(S(=O)(=O)O)c3)c3ccc(S(=O)(=O)O)cc23)c(OC)cc1N. The Balaban J connectivity index is 1.83. The molecule has 4 aromatic rings. The number of anilines is 1. The fraction of sp³-hybridized carbons (Fsp3) is 0.0833.